The van der Waals surface area contributed by atoms with Gasteiger partial charge in [-0.15, -0.1) is 0 Å². The predicted molar refractivity (Wildman–Crippen MR) is 84.1 cm³/mol. The zero-order chi connectivity index (χ0) is 15.6. The number of amides is 1. The average Bonchev–Trinajstić information content (AvgIpc) is 2.78. The van der Waals surface area contributed by atoms with Crippen molar-refractivity contribution in [2.45, 2.75) is 19.4 Å². The summed E-state index contributed by atoms with van der Waals surface area (Å²) in [5, 5.41) is 9.17. The van der Waals surface area contributed by atoms with Crippen molar-refractivity contribution in [3.8, 4) is 0 Å². The lowest BCUT2D eigenvalue weighted by atomic mass is 10.1. The van der Waals surface area contributed by atoms with E-state index in [0.717, 1.165) is 10.0 Å². The number of benzene rings is 1. The molecule has 1 fully saturated rings. The highest BCUT2D eigenvalue weighted by Gasteiger charge is 2.34. The summed E-state index contributed by atoms with van der Waals surface area (Å²) < 4.78 is 24.0. The van der Waals surface area contributed by atoms with Crippen LogP contribution in [-0.2, 0) is 9.84 Å². The van der Waals surface area contributed by atoms with E-state index in [2.05, 4.69) is 15.9 Å². The summed E-state index contributed by atoms with van der Waals surface area (Å²) in [7, 11) is -3.07. The normalized spacial score (nSPS) is 20.4. The van der Waals surface area contributed by atoms with Gasteiger partial charge < -0.3 is 10.0 Å². The SMILES string of the molecule is Cc1ccc(C(=O)N(CCO)C2CCS(=O)(=O)C2)cc1Br. The lowest BCUT2D eigenvalue weighted by Gasteiger charge is -2.27. The van der Waals surface area contributed by atoms with E-state index in [1.165, 1.54) is 4.90 Å². The Labute approximate surface area is 133 Å². The number of nitrogens with zero attached hydrogens (tertiary/aromatic N) is 1. The summed E-state index contributed by atoms with van der Waals surface area (Å²) in [6, 6.07) is 4.93. The minimum atomic E-state index is -3.07. The van der Waals surface area contributed by atoms with Crippen LogP contribution in [0.2, 0.25) is 0 Å². The fraction of sp³-hybridized carbons (Fsp3) is 0.500. The topological polar surface area (TPSA) is 74.7 Å². The van der Waals surface area contributed by atoms with Gasteiger partial charge in [0, 0.05) is 22.6 Å². The lowest BCUT2D eigenvalue weighted by Crippen LogP contribution is -2.42. The third kappa shape index (κ3) is 3.84. The van der Waals surface area contributed by atoms with Gasteiger partial charge in [0.1, 0.15) is 0 Å². The van der Waals surface area contributed by atoms with Crippen LogP contribution in [0.15, 0.2) is 22.7 Å². The largest absolute Gasteiger partial charge is 0.395 e. The Morgan fingerprint density at radius 1 is 1.48 bits per heavy atom. The van der Waals surface area contributed by atoms with E-state index in [9.17, 15) is 13.2 Å². The highest BCUT2D eigenvalue weighted by Crippen LogP contribution is 2.22. The Hall–Kier alpha value is -0.920. The van der Waals surface area contributed by atoms with Crippen LogP contribution in [0.4, 0.5) is 0 Å². The maximum Gasteiger partial charge on any atom is 0.254 e. The van der Waals surface area contributed by atoms with E-state index in [0.29, 0.717) is 12.0 Å². The molecule has 0 spiro atoms. The predicted octanol–water partition coefficient (Wildman–Crippen LogP) is 1.38. The molecule has 0 aromatic heterocycles. The number of aryl methyl sites for hydroxylation is 1. The van der Waals surface area contributed by atoms with Crippen molar-refractivity contribution in [1.82, 2.24) is 4.90 Å². The quantitative estimate of drug-likeness (QED) is 0.862. The molecule has 116 valence electrons. The van der Waals surface area contributed by atoms with E-state index < -0.39 is 9.84 Å². The molecule has 1 heterocycles. The van der Waals surface area contributed by atoms with Crippen LogP contribution in [0.5, 0.6) is 0 Å². The van der Waals surface area contributed by atoms with Crippen LogP contribution in [-0.4, -0.2) is 55.0 Å². The minimum Gasteiger partial charge on any atom is -0.395 e. The molecule has 0 saturated carbocycles. The molecule has 1 N–H and O–H groups in total. The number of hydrogen-bond donors (Lipinski definition) is 1. The third-order valence-corrected chi connectivity index (χ3v) is 6.27. The Balaban J connectivity index is 2.25. The van der Waals surface area contributed by atoms with Gasteiger partial charge in [0.2, 0.25) is 0 Å². The number of carbonyl (C=O) groups excluding carboxylic acids is 1. The molecule has 1 aliphatic rings. The molecule has 1 aliphatic heterocycles. The highest BCUT2D eigenvalue weighted by molar-refractivity contribution is 9.10. The molecule has 0 radical (unpaired) electrons. The smallest absolute Gasteiger partial charge is 0.254 e. The van der Waals surface area contributed by atoms with Gasteiger partial charge in [0.05, 0.1) is 18.1 Å². The zero-order valence-corrected chi connectivity index (χ0v) is 14.2. The van der Waals surface area contributed by atoms with Gasteiger partial charge in [0.25, 0.3) is 5.91 Å². The third-order valence-electron chi connectivity index (χ3n) is 3.67. The second-order valence-corrected chi connectivity index (χ2v) is 8.33. The number of halogens is 1. The summed E-state index contributed by atoms with van der Waals surface area (Å²) in [6.45, 7) is 1.88. The van der Waals surface area contributed by atoms with Crippen molar-refractivity contribution in [2.24, 2.45) is 0 Å². The molecule has 7 heteroatoms. The van der Waals surface area contributed by atoms with Crippen LogP contribution in [0.3, 0.4) is 0 Å². The van der Waals surface area contributed by atoms with Gasteiger partial charge in [-0.2, -0.15) is 0 Å². The monoisotopic (exact) mass is 375 g/mol. The van der Waals surface area contributed by atoms with Crippen molar-refractivity contribution >= 4 is 31.7 Å². The van der Waals surface area contributed by atoms with Gasteiger partial charge in [0.15, 0.2) is 9.84 Å². The first-order chi connectivity index (χ1) is 9.84. The van der Waals surface area contributed by atoms with Crippen LogP contribution in [0.1, 0.15) is 22.3 Å². The summed E-state index contributed by atoms with van der Waals surface area (Å²) in [5.74, 6) is -0.164. The van der Waals surface area contributed by atoms with Crippen molar-refractivity contribution in [3.05, 3.63) is 33.8 Å². The second kappa shape index (κ2) is 6.46. The molecule has 1 saturated heterocycles. The Morgan fingerprint density at radius 3 is 2.71 bits per heavy atom. The number of rotatable bonds is 4. The molecule has 0 aliphatic carbocycles. The van der Waals surface area contributed by atoms with E-state index in [1.54, 1.807) is 12.1 Å². The molecular weight excluding hydrogens is 358 g/mol. The Morgan fingerprint density at radius 2 is 2.19 bits per heavy atom. The van der Waals surface area contributed by atoms with Crippen LogP contribution < -0.4 is 0 Å². The van der Waals surface area contributed by atoms with Crippen LogP contribution in [0, 0.1) is 6.92 Å². The Kier molecular flexibility index (Phi) is 5.06. The molecule has 0 bridgehead atoms. The molecule has 2 rings (SSSR count). The first-order valence-corrected chi connectivity index (χ1v) is 9.34. The molecule has 5 nitrogen and oxygen atoms in total. The summed E-state index contributed by atoms with van der Waals surface area (Å²) >= 11 is 3.39. The molecular formula is C14H18BrNO4S. The summed E-state index contributed by atoms with van der Waals surface area (Å²) in [4.78, 5) is 14.1. The Bertz CT molecular complexity index is 644. The van der Waals surface area contributed by atoms with E-state index in [1.807, 2.05) is 13.0 Å². The van der Waals surface area contributed by atoms with Crippen LogP contribution in [0.25, 0.3) is 0 Å². The van der Waals surface area contributed by atoms with Crippen molar-refractivity contribution in [1.29, 1.82) is 0 Å². The number of hydrogen-bond acceptors (Lipinski definition) is 4. The molecule has 1 unspecified atom stereocenters. The number of aliphatic hydroxyl groups excluding tert-OH is 1. The highest BCUT2D eigenvalue weighted by atomic mass is 79.9. The van der Waals surface area contributed by atoms with E-state index in [-0.39, 0.29) is 36.6 Å². The standard InChI is InChI=1S/C14H18BrNO4S/c1-10-2-3-11(8-13(10)15)14(18)16(5-6-17)12-4-7-21(19,20)9-12/h2-3,8,12,17H,4-7,9H2,1H3. The summed E-state index contributed by atoms with van der Waals surface area (Å²) in [6.07, 6.45) is 0.432. The average molecular weight is 376 g/mol. The first-order valence-electron chi connectivity index (χ1n) is 6.72. The van der Waals surface area contributed by atoms with Gasteiger partial charge >= 0.3 is 0 Å². The molecule has 1 aromatic rings. The summed E-state index contributed by atoms with van der Waals surface area (Å²) in [5.41, 5.74) is 1.51. The van der Waals surface area contributed by atoms with Crippen molar-refractivity contribution < 1.29 is 18.3 Å². The van der Waals surface area contributed by atoms with E-state index >= 15 is 0 Å². The zero-order valence-electron chi connectivity index (χ0n) is 11.8. The molecule has 1 aromatic carbocycles. The molecule has 1 atom stereocenters. The molecule has 21 heavy (non-hydrogen) atoms. The van der Waals surface area contributed by atoms with E-state index in [4.69, 9.17) is 5.11 Å². The fourth-order valence-corrected chi connectivity index (χ4v) is 4.58. The minimum absolute atomic E-state index is 0.0221. The van der Waals surface area contributed by atoms with Gasteiger partial charge in [-0.1, -0.05) is 22.0 Å². The van der Waals surface area contributed by atoms with Crippen LogP contribution >= 0.6 is 15.9 Å². The van der Waals surface area contributed by atoms with Gasteiger partial charge in [-0.05, 0) is 31.0 Å². The lowest BCUT2D eigenvalue weighted by molar-refractivity contribution is 0.0655. The number of aliphatic hydroxyl groups is 1. The second-order valence-electron chi connectivity index (χ2n) is 5.24. The molecule has 1 amide bonds. The maximum absolute atomic E-state index is 12.6. The fourth-order valence-electron chi connectivity index (χ4n) is 2.47. The maximum atomic E-state index is 12.6. The van der Waals surface area contributed by atoms with Crippen molar-refractivity contribution in [2.75, 3.05) is 24.7 Å². The van der Waals surface area contributed by atoms with Crippen molar-refractivity contribution in [3.63, 3.8) is 0 Å². The van der Waals surface area contributed by atoms with Gasteiger partial charge in [-0.25, -0.2) is 8.42 Å². The number of sulfone groups is 1. The number of carbonyl (C=O) groups is 1. The first kappa shape index (κ1) is 16.5. The van der Waals surface area contributed by atoms with Gasteiger partial charge in [-0.3, -0.25) is 4.79 Å².